The Balaban J connectivity index is 1.08. The van der Waals surface area contributed by atoms with Crippen molar-refractivity contribution in [3.63, 3.8) is 0 Å². The first-order valence-electron chi connectivity index (χ1n) is 13.0. The molecule has 6 rings (SSSR count). The van der Waals surface area contributed by atoms with Crippen LogP contribution in [-0.2, 0) is 22.7 Å². The van der Waals surface area contributed by atoms with Gasteiger partial charge in [-0.25, -0.2) is 0 Å². The van der Waals surface area contributed by atoms with Crippen molar-refractivity contribution in [2.75, 3.05) is 18.4 Å². The van der Waals surface area contributed by atoms with E-state index in [9.17, 15) is 19.2 Å². The Morgan fingerprint density at radius 1 is 0.868 bits per heavy atom. The van der Waals surface area contributed by atoms with Crippen LogP contribution in [0.15, 0.2) is 66.9 Å². The molecule has 1 atom stereocenters. The number of ketones is 2. The molecule has 3 aromatic rings. The number of benzene rings is 2. The molecule has 1 saturated heterocycles. The lowest BCUT2D eigenvalue weighted by Crippen LogP contribution is -2.47. The van der Waals surface area contributed by atoms with Crippen LogP contribution in [0.25, 0.3) is 0 Å². The van der Waals surface area contributed by atoms with E-state index in [-0.39, 0.29) is 30.8 Å². The topological polar surface area (TPSA) is 99.7 Å². The van der Waals surface area contributed by atoms with E-state index in [0.717, 1.165) is 35.8 Å². The summed E-state index contributed by atoms with van der Waals surface area (Å²) >= 11 is 0. The number of carbonyl (C=O) groups is 4. The molecule has 2 fully saturated rings. The fraction of sp³-hybridized carbons (Fsp3) is 0.300. The monoisotopic (exact) mass is 508 g/mol. The van der Waals surface area contributed by atoms with Crippen molar-refractivity contribution in [2.45, 2.75) is 44.3 Å². The number of carbonyl (C=O) groups excluding carboxylic acids is 4. The summed E-state index contributed by atoms with van der Waals surface area (Å²) in [5.74, 6) is -0.959. The van der Waals surface area contributed by atoms with Crippen molar-refractivity contribution in [1.82, 2.24) is 14.8 Å². The molecule has 8 heteroatoms. The van der Waals surface area contributed by atoms with Crippen molar-refractivity contribution in [1.29, 1.82) is 0 Å². The molecule has 1 N–H and O–H groups in total. The Bertz CT molecular complexity index is 1410. The molecule has 2 aromatic carbocycles. The van der Waals surface area contributed by atoms with E-state index in [1.165, 1.54) is 5.56 Å². The lowest BCUT2D eigenvalue weighted by molar-refractivity contribution is -0.132. The van der Waals surface area contributed by atoms with Crippen LogP contribution in [-0.4, -0.2) is 57.3 Å². The third-order valence-corrected chi connectivity index (χ3v) is 7.67. The highest BCUT2D eigenvalue weighted by Crippen LogP contribution is 2.33. The van der Waals surface area contributed by atoms with E-state index in [0.29, 0.717) is 29.3 Å². The molecule has 0 spiro atoms. The molecule has 192 valence electrons. The van der Waals surface area contributed by atoms with Gasteiger partial charge in [-0.1, -0.05) is 36.4 Å². The van der Waals surface area contributed by atoms with Gasteiger partial charge in [0.25, 0.3) is 11.8 Å². The number of rotatable bonds is 7. The molecule has 0 bridgehead atoms. The number of fused-ring (bicyclic) bond motifs is 1. The maximum atomic E-state index is 13.3. The number of hydrogen-bond donors (Lipinski definition) is 1. The Labute approximate surface area is 220 Å². The smallest absolute Gasteiger partial charge is 0.264 e. The number of imide groups is 1. The summed E-state index contributed by atoms with van der Waals surface area (Å²) in [6.07, 6.45) is 2.02. The van der Waals surface area contributed by atoms with Gasteiger partial charge in [-0.3, -0.25) is 34.0 Å². The molecule has 2 amide bonds. The van der Waals surface area contributed by atoms with Gasteiger partial charge in [-0.2, -0.15) is 0 Å². The maximum absolute atomic E-state index is 13.3. The summed E-state index contributed by atoms with van der Waals surface area (Å²) in [6, 6.07) is 18.7. The maximum Gasteiger partial charge on any atom is 0.264 e. The summed E-state index contributed by atoms with van der Waals surface area (Å²) < 4.78 is 0. The van der Waals surface area contributed by atoms with Crippen LogP contribution < -0.4 is 5.32 Å². The fourth-order valence-electron chi connectivity index (χ4n) is 5.59. The molecule has 2 aliphatic heterocycles. The van der Waals surface area contributed by atoms with Crippen molar-refractivity contribution in [3.8, 4) is 0 Å². The summed E-state index contributed by atoms with van der Waals surface area (Å²) in [5, 5.41) is 3.30. The first kappa shape index (κ1) is 24.2. The number of nitrogens with one attached hydrogen (secondary N) is 1. The van der Waals surface area contributed by atoms with E-state index in [4.69, 9.17) is 0 Å². The van der Waals surface area contributed by atoms with Crippen molar-refractivity contribution in [3.05, 3.63) is 94.8 Å². The lowest BCUT2D eigenvalue weighted by atomic mass is 9.92. The summed E-state index contributed by atoms with van der Waals surface area (Å²) in [5.41, 5.74) is 4.59. The minimum atomic E-state index is -0.869. The van der Waals surface area contributed by atoms with Gasteiger partial charge in [-0.05, 0) is 41.8 Å². The average Bonchev–Trinajstić information content (AvgIpc) is 3.16. The van der Waals surface area contributed by atoms with Gasteiger partial charge < -0.3 is 5.32 Å². The van der Waals surface area contributed by atoms with Crippen LogP contribution in [0.3, 0.4) is 0 Å². The van der Waals surface area contributed by atoms with Crippen LogP contribution in [0.5, 0.6) is 0 Å². The third kappa shape index (κ3) is 4.52. The standard InChI is InChI=1S/C30H28N4O4/c35-22-11-12-26(27(36)14-22)34-29(37)23-4-3-6-25(28(23)30(34)38)32-15-19-7-9-20(10-8-19)16-33-17-21(18-33)24-5-1-2-13-31-24/h1-10,13,21,26,32H,11-12,14-18H2. The predicted octanol–water partition coefficient (Wildman–Crippen LogP) is 3.58. The van der Waals surface area contributed by atoms with Crippen molar-refractivity contribution >= 4 is 29.1 Å². The van der Waals surface area contributed by atoms with Crippen LogP contribution in [0.1, 0.15) is 62.7 Å². The van der Waals surface area contributed by atoms with E-state index >= 15 is 0 Å². The van der Waals surface area contributed by atoms with Gasteiger partial charge in [-0.15, -0.1) is 0 Å². The normalized spacial score (nSPS) is 20.0. The zero-order valence-electron chi connectivity index (χ0n) is 20.9. The molecule has 3 heterocycles. The largest absolute Gasteiger partial charge is 0.380 e. The zero-order valence-corrected chi connectivity index (χ0v) is 20.9. The van der Waals surface area contributed by atoms with Crippen molar-refractivity contribution < 1.29 is 19.2 Å². The molecule has 3 aliphatic rings. The Kier molecular flexibility index (Phi) is 6.33. The van der Waals surface area contributed by atoms with Gasteiger partial charge in [0.15, 0.2) is 5.78 Å². The second kappa shape index (κ2) is 9.95. The molecule has 0 radical (unpaired) electrons. The van der Waals surface area contributed by atoms with Gasteiger partial charge >= 0.3 is 0 Å². The fourth-order valence-corrected chi connectivity index (χ4v) is 5.59. The van der Waals surface area contributed by atoms with Crippen LogP contribution in [0.2, 0.25) is 0 Å². The second-order valence-electron chi connectivity index (χ2n) is 10.3. The second-order valence-corrected chi connectivity index (χ2v) is 10.3. The minimum absolute atomic E-state index is 0.144. The first-order chi connectivity index (χ1) is 18.5. The summed E-state index contributed by atoms with van der Waals surface area (Å²) in [6.45, 7) is 3.39. The quantitative estimate of drug-likeness (QED) is 0.385. The SMILES string of the molecule is O=C1CCC(N2C(=O)c3cccc(NCc4ccc(CN5CC(c6ccccn6)C5)cc4)c3C2=O)C(=O)C1. The molecular formula is C30H28N4O4. The molecule has 8 nitrogen and oxygen atoms in total. The Hall–Kier alpha value is -4.17. The highest BCUT2D eigenvalue weighted by molar-refractivity contribution is 6.25. The molecule has 1 aliphatic carbocycles. The number of aromatic nitrogens is 1. The van der Waals surface area contributed by atoms with E-state index in [1.807, 2.05) is 18.3 Å². The van der Waals surface area contributed by atoms with Crippen LogP contribution >= 0.6 is 0 Å². The van der Waals surface area contributed by atoms with Crippen molar-refractivity contribution in [2.24, 2.45) is 0 Å². The molecular weight excluding hydrogens is 480 g/mol. The first-order valence-corrected chi connectivity index (χ1v) is 13.0. The van der Waals surface area contributed by atoms with Gasteiger partial charge in [0.1, 0.15) is 5.78 Å². The van der Waals surface area contributed by atoms with E-state index in [2.05, 4.69) is 45.5 Å². The number of nitrogens with zero attached hydrogens (tertiary/aromatic N) is 3. The zero-order chi connectivity index (χ0) is 26.2. The molecule has 38 heavy (non-hydrogen) atoms. The summed E-state index contributed by atoms with van der Waals surface area (Å²) in [7, 11) is 0. The Morgan fingerprint density at radius 3 is 2.39 bits per heavy atom. The number of amides is 2. The molecule has 1 saturated carbocycles. The van der Waals surface area contributed by atoms with E-state index < -0.39 is 17.9 Å². The van der Waals surface area contributed by atoms with Crippen LogP contribution in [0.4, 0.5) is 5.69 Å². The number of likely N-dealkylation sites (tertiary alicyclic amines) is 1. The lowest BCUT2D eigenvalue weighted by Gasteiger charge is -2.39. The average molecular weight is 509 g/mol. The van der Waals surface area contributed by atoms with Gasteiger partial charge in [0, 0.05) is 56.1 Å². The number of hydrogen-bond acceptors (Lipinski definition) is 7. The number of anilines is 1. The minimum Gasteiger partial charge on any atom is -0.380 e. The molecule has 1 unspecified atom stereocenters. The highest BCUT2D eigenvalue weighted by atomic mass is 16.2. The summed E-state index contributed by atoms with van der Waals surface area (Å²) in [4.78, 5) is 58.3. The van der Waals surface area contributed by atoms with Crippen LogP contribution in [0, 0.1) is 0 Å². The number of Topliss-reactive ketones (excluding diaryl/α,β-unsaturated/α-hetero) is 2. The Morgan fingerprint density at radius 2 is 1.66 bits per heavy atom. The predicted molar refractivity (Wildman–Crippen MR) is 141 cm³/mol. The van der Waals surface area contributed by atoms with E-state index in [1.54, 1.807) is 18.2 Å². The molecule has 1 aromatic heterocycles. The number of pyridine rings is 1. The van der Waals surface area contributed by atoms with Gasteiger partial charge in [0.2, 0.25) is 0 Å². The highest BCUT2D eigenvalue weighted by Gasteiger charge is 2.45. The third-order valence-electron chi connectivity index (χ3n) is 7.67. The van der Waals surface area contributed by atoms with Gasteiger partial charge in [0.05, 0.1) is 23.6 Å².